The van der Waals surface area contributed by atoms with Crippen molar-refractivity contribution >= 4 is 10.8 Å². The molecule has 0 heterocycles. The number of rotatable bonds is 4. The molecule has 0 N–H and O–H groups in total. The largest absolute Gasteiger partial charge is 0.255 e. The fourth-order valence-corrected chi connectivity index (χ4v) is 3.21. The highest BCUT2D eigenvalue weighted by Gasteiger charge is 2.12. The summed E-state index contributed by atoms with van der Waals surface area (Å²) in [6, 6.07) is 8.29. The van der Waals surface area contributed by atoms with Crippen LogP contribution < -0.4 is 0 Å². The second-order valence-electron chi connectivity index (χ2n) is 5.14. The van der Waals surface area contributed by atoms with Gasteiger partial charge in [-0.2, -0.15) is 0 Å². The van der Waals surface area contributed by atoms with Crippen LogP contribution in [0.1, 0.15) is 44.1 Å². The van der Waals surface area contributed by atoms with Crippen LogP contribution in [0.4, 0.5) is 0 Å². The third kappa shape index (κ3) is 3.95. The topological polar surface area (TPSA) is 17.1 Å². The van der Waals surface area contributed by atoms with Crippen molar-refractivity contribution in [3.8, 4) is 0 Å². The van der Waals surface area contributed by atoms with Crippen molar-refractivity contribution in [3.63, 3.8) is 0 Å². The summed E-state index contributed by atoms with van der Waals surface area (Å²) in [5.41, 5.74) is 1.39. The molecule has 1 aliphatic rings. The van der Waals surface area contributed by atoms with Gasteiger partial charge in [0.15, 0.2) is 0 Å². The molecular weight excluding hydrogens is 228 g/mol. The van der Waals surface area contributed by atoms with Crippen LogP contribution in [0, 0.1) is 5.92 Å². The van der Waals surface area contributed by atoms with Crippen molar-refractivity contribution in [3.05, 3.63) is 29.8 Å². The standard InChI is InChI=1S/C15H22OS/c1-17(16)15-11-9-14(10-12-15)8-7-13-5-3-2-4-6-13/h9-13H,2-8H2,1H3. The molecule has 94 valence electrons. The molecule has 0 radical (unpaired) electrons. The van der Waals surface area contributed by atoms with Crippen LogP contribution in [-0.4, -0.2) is 10.5 Å². The maximum Gasteiger partial charge on any atom is 0.0498 e. The predicted octanol–water partition coefficient (Wildman–Crippen LogP) is 3.94. The third-order valence-corrected chi connectivity index (χ3v) is 4.76. The summed E-state index contributed by atoms with van der Waals surface area (Å²) in [7, 11) is -0.845. The van der Waals surface area contributed by atoms with E-state index in [9.17, 15) is 4.21 Å². The van der Waals surface area contributed by atoms with Crippen molar-refractivity contribution in [1.29, 1.82) is 0 Å². The van der Waals surface area contributed by atoms with Gasteiger partial charge in [-0.3, -0.25) is 4.21 Å². The molecular formula is C15H22OS. The van der Waals surface area contributed by atoms with Crippen LogP contribution in [0.5, 0.6) is 0 Å². The Labute approximate surface area is 107 Å². The summed E-state index contributed by atoms with van der Waals surface area (Å²) in [5, 5.41) is 0. The van der Waals surface area contributed by atoms with E-state index in [1.807, 2.05) is 12.1 Å². The minimum absolute atomic E-state index is 0.845. The lowest BCUT2D eigenvalue weighted by atomic mass is 9.85. The maximum absolute atomic E-state index is 11.3. The summed E-state index contributed by atoms with van der Waals surface area (Å²) in [4.78, 5) is 0.936. The number of hydrogen-bond donors (Lipinski definition) is 0. The van der Waals surface area contributed by atoms with Crippen molar-refractivity contribution in [2.24, 2.45) is 5.92 Å². The molecule has 1 unspecified atom stereocenters. The molecule has 2 heteroatoms. The minimum Gasteiger partial charge on any atom is -0.255 e. The number of aryl methyl sites for hydroxylation is 1. The van der Waals surface area contributed by atoms with E-state index >= 15 is 0 Å². The number of benzene rings is 1. The van der Waals surface area contributed by atoms with Gasteiger partial charge < -0.3 is 0 Å². The van der Waals surface area contributed by atoms with Gasteiger partial charge in [-0.15, -0.1) is 0 Å². The van der Waals surface area contributed by atoms with Gasteiger partial charge in [0, 0.05) is 22.0 Å². The van der Waals surface area contributed by atoms with Crippen molar-refractivity contribution in [2.75, 3.05) is 6.26 Å². The monoisotopic (exact) mass is 250 g/mol. The first-order valence-electron chi connectivity index (χ1n) is 6.68. The van der Waals surface area contributed by atoms with Crippen molar-refractivity contribution in [1.82, 2.24) is 0 Å². The fourth-order valence-electron chi connectivity index (χ4n) is 2.69. The Hall–Kier alpha value is -0.630. The van der Waals surface area contributed by atoms with Crippen LogP contribution in [0.3, 0.4) is 0 Å². The zero-order valence-corrected chi connectivity index (χ0v) is 11.5. The Morgan fingerprint density at radius 1 is 1.12 bits per heavy atom. The first-order valence-corrected chi connectivity index (χ1v) is 8.24. The zero-order valence-electron chi connectivity index (χ0n) is 10.7. The lowest BCUT2D eigenvalue weighted by Gasteiger charge is -2.21. The highest BCUT2D eigenvalue weighted by Crippen LogP contribution is 2.27. The first-order chi connectivity index (χ1) is 8.25. The van der Waals surface area contributed by atoms with E-state index in [1.165, 1.54) is 50.5 Å². The average molecular weight is 250 g/mol. The lowest BCUT2D eigenvalue weighted by Crippen LogP contribution is -2.07. The van der Waals surface area contributed by atoms with E-state index in [4.69, 9.17) is 0 Å². The Kier molecular flexibility index (Phi) is 4.78. The van der Waals surface area contributed by atoms with Gasteiger partial charge in [-0.1, -0.05) is 44.2 Å². The molecule has 1 aromatic carbocycles. The molecule has 1 saturated carbocycles. The highest BCUT2D eigenvalue weighted by atomic mass is 32.2. The molecule has 17 heavy (non-hydrogen) atoms. The van der Waals surface area contributed by atoms with Gasteiger partial charge in [-0.25, -0.2) is 0 Å². The van der Waals surface area contributed by atoms with E-state index in [0.29, 0.717) is 0 Å². The fraction of sp³-hybridized carbons (Fsp3) is 0.600. The number of hydrogen-bond acceptors (Lipinski definition) is 1. The van der Waals surface area contributed by atoms with E-state index in [2.05, 4.69) is 12.1 Å². The van der Waals surface area contributed by atoms with E-state index in [0.717, 1.165) is 10.8 Å². The summed E-state index contributed by atoms with van der Waals surface area (Å²) in [6.07, 6.45) is 11.4. The average Bonchev–Trinajstić information content (AvgIpc) is 2.38. The SMILES string of the molecule is CS(=O)c1ccc(CCC2CCCCC2)cc1. The van der Waals surface area contributed by atoms with Crippen molar-refractivity contribution in [2.45, 2.75) is 49.8 Å². The smallest absolute Gasteiger partial charge is 0.0498 e. The van der Waals surface area contributed by atoms with Gasteiger partial charge >= 0.3 is 0 Å². The van der Waals surface area contributed by atoms with Crippen LogP contribution in [0.15, 0.2) is 29.2 Å². The molecule has 1 fully saturated rings. The molecule has 0 bridgehead atoms. The van der Waals surface area contributed by atoms with E-state index in [-0.39, 0.29) is 0 Å². The molecule has 0 spiro atoms. The molecule has 1 aliphatic carbocycles. The van der Waals surface area contributed by atoms with E-state index in [1.54, 1.807) is 6.26 Å². The Morgan fingerprint density at radius 2 is 1.76 bits per heavy atom. The second kappa shape index (κ2) is 6.34. The second-order valence-corrected chi connectivity index (χ2v) is 6.52. The van der Waals surface area contributed by atoms with Crippen LogP contribution in [0.2, 0.25) is 0 Å². The normalized spacial score (nSPS) is 19.1. The molecule has 0 saturated heterocycles. The van der Waals surface area contributed by atoms with Crippen LogP contribution in [0.25, 0.3) is 0 Å². The van der Waals surface area contributed by atoms with Gasteiger partial charge in [0.25, 0.3) is 0 Å². The Balaban J connectivity index is 1.84. The Morgan fingerprint density at radius 3 is 2.35 bits per heavy atom. The van der Waals surface area contributed by atoms with Gasteiger partial charge in [0.2, 0.25) is 0 Å². The molecule has 2 rings (SSSR count). The van der Waals surface area contributed by atoms with Gasteiger partial charge in [0.1, 0.15) is 0 Å². The zero-order chi connectivity index (χ0) is 12.1. The van der Waals surface area contributed by atoms with E-state index < -0.39 is 10.8 Å². The quantitative estimate of drug-likeness (QED) is 0.791. The maximum atomic E-state index is 11.3. The van der Waals surface area contributed by atoms with Gasteiger partial charge in [0.05, 0.1) is 0 Å². The lowest BCUT2D eigenvalue weighted by molar-refractivity contribution is 0.339. The summed E-state index contributed by atoms with van der Waals surface area (Å²) in [6.45, 7) is 0. The van der Waals surface area contributed by atoms with Gasteiger partial charge in [-0.05, 0) is 36.5 Å². The Bertz CT molecular complexity index is 363. The summed E-state index contributed by atoms with van der Waals surface area (Å²) < 4.78 is 11.3. The molecule has 0 aliphatic heterocycles. The summed E-state index contributed by atoms with van der Waals surface area (Å²) in [5.74, 6) is 0.948. The molecule has 1 aromatic rings. The molecule has 1 atom stereocenters. The predicted molar refractivity (Wildman–Crippen MR) is 73.7 cm³/mol. The highest BCUT2D eigenvalue weighted by molar-refractivity contribution is 7.84. The first kappa shape index (κ1) is 12.8. The molecule has 0 aromatic heterocycles. The third-order valence-electron chi connectivity index (χ3n) is 3.82. The van der Waals surface area contributed by atoms with Crippen molar-refractivity contribution < 1.29 is 4.21 Å². The molecule has 0 amide bonds. The summed E-state index contributed by atoms with van der Waals surface area (Å²) >= 11 is 0. The molecule has 1 nitrogen and oxygen atoms in total. The minimum atomic E-state index is -0.845. The van der Waals surface area contributed by atoms with Crippen LogP contribution >= 0.6 is 0 Å². The van der Waals surface area contributed by atoms with Crippen LogP contribution in [-0.2, 0) is 17.2 Å².